The summed E-state index contributed by atoms with van der Waals surface area (Å²) in [6.07, 6.45) is 1.35. The number of carbonyl (C=O) groups excluding carboxylic acids is 1. The van der Waals surface area contributed by atoms with E-state index in [0.29, 0.717) is 31.7 Å². The van der Waals surface area contributed by atoms with Gasteiger partial charge in [-0.3, -0.25) is 4.79 Å². The van der Waals surface area contributed by atoms with Gasteiger partial charge in [0, 0.05) is 43.5 Å². The van der Waals surface area contributed by atoms with Crippen LogP contribution in [0.5, 0.6) is 11.5 Å². The number of rotatable bonds is 3. The van der Waals surface area contributed by atoms with Crippen LogP contribution in [0, 0.1) is 11.3 Å². The lowest BCUT2D eigenvalue weighted by Gasteiger charge is -2.36. The molecule has 0 unspecified atom stereocenters. The molecule has 1 heterocycles. The highest BCUT2D eigenvalue weighted by molar-refractivity contribution is 6.02. The van der Waals surface area contributed by atoms with Crippen molar-refractivity contribution in [1.29, 1.82) is 5.26 Å². The highest BCUT2D eigenvalue weighted by Gasteiger charge is 2.24. The molecule has 0 aromatic heterocycles. The molecule has 0 atom stereocenters. The summed E-state index contributed by atoms with van der Waals surface area (Å²) in [6, 6.07) is 15.9. The van der Waals surface area contributed by atoms with Crippen molar-refractivity contribution >= 4 is 17.7 Å². The van der Waals surface area contributed by atoms with Crippen LogP contribution in [-0.2, 0) is 4.79 Å². The van der Waals surface area contributed by atoms with Crippen LogP contribution in [-0.4, -0.2) is 47.2 Å². The number of hydrogen-bond acceptors (Lipinski definition) is 5. The summed E-state index contributed by atoms with van der Waals surface area (Å²) in [6.45, 7) is 2.43. The fraction of sp³-hybridized carbons (Fsp3) is 0.200. The van der Waals surface area contributed by atoms with Gasteiger partial charge in [-0.2, -0.15) is 5.26 Å². The second kappa shape index (κ2) is 7.62. The predicted molar refractivity (Wildman–Crippen MR) is 98.6 cm³/mol. The van der Waals surface area contributed by atoms with Gasteiger partial charge in [-0.05, 0) is 30.3 Å². The molecule has 2 N–H and O–H groups in total. The quantitative estimate of drug-likeness (QED) is 0.656. The second-order valence-corrected chi connectivity index (χ2v) is 6.03. The standard InChI is InChI=1S/C20H19N3O3/c21-14-16(12-15-6-7-18(24)13-19(15)25)20(26)23-10-8-22(9-11-23)17-4-2-1-3-5-17/h1-7,12-13,24-25H,8-11H2/b16-12+. The van der Waals surface area contributed by atoms with E-state index in [2.05, 4.69) is 4.90 Å². The van der Waals surface area contributed by atoms with E-state index < -0.39 is 0 Å². The lowest BCUT2D eigenvalue weighted by molar-refractivity contribution is -0.126. The number of phenols is 2. The summed E-state index contributed by atoms with van der Waals surface area (Å²) in [5.41, 5.74) is 1.39. The molecule has 1 amide bonds. The summed E-state index contributed by atoms with van der Waals surface area (Å²) in [4.78, 5) is 16.5. The summed E-state index contributed by atoms with van der Waals surface area (Å²) < 4.78 is 0. The molecule has 6 nitrogen and oxygen atoms in total. The van der Waals surface area contributed by atoms with E-state index in [9.17, 15) is 20.3 Å². The van der Waals surface area contributed by atoms with Crippen LogP contribution in [0.2, 0.25) is 0 Å². The molecule has 1 aliphatic heterocycles. The van der Waals surface area contributed by atoms with Crippen LogP contribution in [0.3, 0.4) is 0 Å². The number of nitriles is 1. The van der Waals surface area contributed by atoms with Crippen molar-refractivity contribution in [1.82, 2.24) is 4.90 Å². The topological polar surface area (TPSA) is 87.8 Å². The first kappa shape index (κ1) is 17.4. The fourth-order valence-corrected chi connectivity index (χ4v) is 2.93. The maximum absolute atomic E-state index is 12.6. The minimum absolute atomic E-state index is 0.0425. The van der Waals surface area contributed by atoms with Gasteiger partial charge >= 0.3 is 0 Å². The number of nitrogens with zero attached hydrogens (tertiary/aromatic N) is 3. The molecule has 0 radical (unpaired) electrons. The van der Waals surface area contributed by atoms with Crippen molar-refractivity contribution in [2.75, 3.05) is 31.1 Å². The Morgan fingerprint density at radius 1 is 1.04 bits per heavy atom. The number of anilines is 1. The molecule has 26 heavy (non-hydrogen) atoms. The maximum Gasteiger partial charge on any atom is 0.264 e. The molecular weight excluding hydrogens is 330 g/mol. The van der Waals surface area contributed by atoms with Crippen LogP contribution in [0.15, 0.2) is 54.1 Å². The molecule has 1 fully saturated rings. The Labute approximate surface area is 151 Å². The molecule has 0 spiro atoms. The van der Waals surface area contributed by atoms with Crippen molar-refractivity contribution in [2.45, 2.75) is 0 Å². The van der Waals surface area contributed by atoms with Gasteiger partial charge in [-0.25, -0.2) is 0 Å². The molecule has 3 rings (SSSR count). The van der Waals surface area contributed by atoms with Crippen molar-refractivity contribution in [3.8, 4) is 17.6 Å². The van der Waals surface area contributed by atoms with Gasteiger partial charge in [0.25, 0.3) is 5.91 Å². The van der Waals surface area contributed by atoms with E-state index in [1.54, 1.807) is 4.90 Å². The highest BCUT2D eigenvalue weighted by atomic mass is 16.3. The lowest BCUT2D eigenvalue weighted by Crippen LogP contribution is -2.49. The van der Waals surface area contributed by atoms with Gasteiger partial charge in [-0.15, -0.1) is 0 Å². The largest absolute Gasteiger partial charge is 0.508 e. The average Bonchev–Trinajstić information content (AvgIpc) is 2.68. The van der Waals surface area contributed by atoms with E-state index >= 15 is 0 Å². The van der Waals surface area contributed by atoms with Gasteiger partial charge < -0.3 is 20.0 Å². The van der Waals surface area contributed by atoms with E-state index in [1.165, 1.54) is 24.3 Å². The third-order valence-corrected chi connectivity index (χ3v) is 4.35. The van der Waals surface area contributed by atoms with Crippen molar-refractivity contribution < 1.29 is 15.0 Å². The normalized spacial score (nSPS) is 14.8. The number of benzene rings is 2. The third kappa shape index (κ3) is 3.78. The van der Waals surface area contributed by atoms with Crippen LogP contribution in [0.4, 0.5) is 5.69 Å². The summed E-state index contributed by atoms with van der Waals surface area (Å²) >= 11 is 0. The molecule has 2 aromatic rings. The molecule has 0 aliphatic carbocycles. The molecular formula is C20H19N3O3. The Morgan fingerprint density at radius 3 is 2.35 bits per heavy atom. The first-order valence-corrected chi connectivity index (χ1v) is 8.31. The zero-order chi connectivity index (χ0) is 18.5. The summed E-state index contributed by atoms with van der Waals surface area (Å²) in [5.74, 6) is -0.617. The van der Waals surface area contributed by atoms with Crippen LogP contribution in [0.25, 0.3) is 6.08 Å². The molecule has 1 aliphatic rings. The van der Waals surface area contributed by atoms with Crippen molar-refractivity contribution in [3.05, 3.63) is 59.7 Å². The van der Waals surface area contributed by atoms with Crippen LogP contribution < -0.4 is 4.90 Å². The number of amides is 1. The minimum atomic E-state index is -0.354. The number of aromatic hydroxyl groups is 2. The van der Waals surface area contributed by atoms with Gasteiger partial charge in [0.1, 0.15) is 23.1 Å². The number of para-hydroxylation sites is 1. The Bertz CT molecular complexity index is 864. The van der Waals surface area contributed by atoms with Crippen molar-refractivity contribution in [2.24, 2.45) is 0 Å². The van der Waals surface area contributed by atoms with E-state index in [4.69, 9.17) is 0 Å². The van der Waals surface area contributed by atoms with Crippen molar-refractivity contribution in [3.63, 3.8) is 0 Å². The zero-order valence-electron chi connectivity index (χ0n) is 14.2. The minimum Gasteiger partial charge on any atom is -0.508 e. The zero-order valence-corrected chi connectivity index (χ0v) is 14.2. The lowest BCUT2D eigenvalue weighted by atomic mass is 10.1. The Morgan fingerprint density at radius 2 is 1.73 bits per heavy atom. The predicted octanol–water partition coefficient (Wildman–Crippen LogP) is 2.35. The second-order valence-electron chi connectivity index (χ2n) is 6.03. The fourth-order valence-electron chi connectivity index (χ4n) is 2.93. The summed E-state index contributed by atoms with van der Waals surface area (Å²) in [7, 11) is 0. The third-order valence-electron chi connectivity index (χ3n) is 4.35. The molecule has 132 valence electrons. The maximum atomic E-state index is 12.6. The molecule has 2 aromatic carbocycles. The van der Waals surface area contributed by atoms with Gasteiger partial charge in [-0.1, -0.05) is 18.2 Å². The number of carbonyl (C=O) groups is 1. The first-order chi connectivity index (χ1) is 12.6. The SMILES string of the molecule is N#C/C(=C\c1ccc(O)cc1O)C(=O)N1CCN(c2ccccc2)CC1. The van der Waals surface area contributed by atoms with Gasteiger partial charge in [0.15, 0.2) is 0 Å². The first-order valence-electron chi connectivity index (χ1n) is 8.31. The smallest absolute Gasteiger partial charge is 0.264 e. The monoisotopic (exact) mass is 349 g/mol. The number of piperazine rings is 1. The highest BCUT2D eigenvalue weighted by Crippen LogP contribution is 2.25. The van der Waals surface area contributed by atoms with Gasteiger partial charge in [0.2, 0.25) is 0 Å². The van der Waals surface area contributed by atoms with E-state index in [1.807, 2.05) is 36.4 Å². The summed E-state index contributed by atoms with van der Waals surface area (Å²) in [5, 5.41) is 28.5. The Balaban J connectivity index is 1.70. The van der Waals surface area contributed by atoms with Crippen LogP contribution >= 0.6 is 0 Å². The molecule has 0 bridgehead atoms. The Kier molecular flexibility index (Phi) is 5.09. The number of phenolic OH excluding ortho intramolecular Hbond substituents is 2. The van der Waals surface area contributed by atoms with E-state index in [-0.39, 0.29) is 23.0 Å². The average molecular weight is 349 g/mol. The number of hydrogen-bond donors (Lipinski definition) is 2. The van der Waals surface area contributed by atoms with E-state index in [0.717, 1.165) is 5.69 Å². The molecule has 6 heteroatoms. The van der Waals surface area contributed by atoms with Gasteiger partial charge in [0.05, 0.1) is 0 Å². The molecule has 0 saturated carbocycles. The Hall–Kier alpha value is -3.46. The van der Waals surface area contributed by atoms with Crippen LogP contribution in [0.1, 0.15) is 5.56 Å². The molecule has 1 saturated heterocycles.